The molecule has 0 aliphatic rings. The van der Waals surface area contributed by atoms with Crippen LogP contribution in [0.5, 0.6) is 0 Å². The maximum Gasteiger partial charge on any atom is 0.0562 e. The molecule has 0 fully saturated rings. The van der Waals surface area contributed by atoms with Gasteiger partial charge >= 0.3 is 0 Å². The standard InChI is InChI=1S/C12H26O2/c1-2-3-4-5-6-7-8-9-12(14)10-11-13/h12-14H,2-11H2,1H3/t12-/m1/s1. The van der Waals surface area contributed by atoms with Gasteiger partial charge in [0, 0.05) is 6.61 Å². The van der Waals surface area contributed by atoms with Gasteiger partial charge in [0.2, 0.25) is 0 Å². The van der Waals surface area contributed by atoms with Crippen molar-refractivity contribution in [1.29, 1.82) is 0 Å². The summed E-state index contributed by atoms with van der Waals surface area (Å²) in [6.07, 6.45) is 10.1. The van der Waals surface area contributed by atoms with Crippen LogP contribution < -0.4 is 0 Å². The molecule has 2 N–H and O–H groups in total. The van der Waals surface area contributed by atoms with Gasteiger partial charge < -0.3 is 10.2 Å². The van der Waals surface area contributed by atoms with Crippen molar-refractivity contribution in [3.05, 3.63) is 0 Å². The highest BCUT2D eigenvalue weighted by Gasteiger charge is 2.01. The highest BCUT2D eigenvalue weighted by Crippen LogP contribution is 2.10. The van der Waals surface area contributed by atoms with E-state index in [9.17, 15) is 5.11 Å². The number of rotatable bonds is 10. The van der Waals surface area contributed by atoms with Crippen LogP contribution in [0.15, 0.2) is 0 Å². The lowest BCUT2D eigenvalue weighted by molar-refractivity contribution is 0.122. The van der Waals surface area contributed by atoms with Gasteiger partial charge in [0.1, 0.15) is 0 Å². The third-order valence-electron chi connectivity index (χ3n) is 2.60. The van der Waals surface area contributed by atoms with Crippen molar-refractivity contribution in [3.8, 4) is 0 Å². The molecule has 0 unspecified atom stereocenters. The lowest BCUT2D eigenvalue weighted by atomic mass is 10.1. The van der Waals surface area contributed by atoms with E-state index in [1.807, 2.05) is 0 Å². The van der Waals surface area contributed by atoms with Crippen LogP contribution in [0.25, 0.3) is 0 Å². The summed E-state index contributed by atoms with van der Waals surface area (Å²) in [7, 11) is 0. The molecule has 0 aromatic heterocycles. The minimum absolute atomic E-state index is 0.109. The molecule has 0 rings (SSSR count). The average molecular weight is 202 g/mol. The van der Waals surface area contributed by atoms with E-state index in [1.165, 1.54) is 38.5 Å². The first-order valence-corrected chi connectivity index (χ1v) is 6.10. The zero-order chi connectivity index (χ0) is 10.6. The van der Waals surface area contributed by atoms with Crippen molar-refractivity contribution >= 4 is 0 Å². The molecule has 2 heteroatoms. The zero-order valence-electron chi connectivity index (χ0n) is 9.54. The molecule has 0 aromatic carbocycles. The first-order chi connectivity index (χ1) is 6.81. The van der Waals surface area contributed by atoms with Gasteiger partial charge in [-0.05, 0) is 12.8 Å². The first kappa shape index (κ1) is 13.9. The quantitative estimate of drug-likeness (QED) is 0.535. The van der Waals surface area contributed by atoms with Gasteiger partial charge in [0.05, 0.1) is 6.10 Å². The van der Waals surface area contributed by atoms with Crippen molar-refractivity contribution in [2.45, 2.75) is 70.8 Å². The Hall–Kier alpha value is -0.0800. The van der Waals surface area contributed by atoms with E-state index in [1.54, 1.807) is 0 Å². The molecule has 86 valence electrons. The van der Waals surface area contributed by atoms with Crippen molar-refractivity contribution < 1.29 is 10.2 Å². The summed E-state index contributed by atoms with van der Waals surface area (Å²) in [6.45, 7) is 2.34. The topological polar surface area (TPSA) is 40.5 Å². The predicted molar refractivity (Wildman–Crippen MR) is 60.3 cm³/mol. The molecule has 0 saturated heterocycles. The molecule has 1 atom stereocenters. The van der Waals surface area contributed by atoms with Crippen LogP contribution in [0.4, 0.5) is 0 Å². The number of hydrogen-bond donors (Lipinski definition) is 2. The van der Waals surface area contributed by atoms with E-state index in [2.05, 4.69) is 6.92 Å². The Bertz CT molecular complexity index is 104. The van der Waals surface area contributed by atoms with Gasteiger partial charge in [0.25, 0.3) is 0 Å². The molecule has 0 aliphatic carbocycles. The van der Waals surface area contributed by atoms with Gasteiger partial charge in [-0.1, -0.05) is 51.9 Å². The molecule has 0 bridgehead atoms. The second-order valence-corrected chi connectivity index (χ2v) is 4.08. The van der Waals surface area contributed by atoms with E-state index >= 15 is 0 Å². The van der Waals surface area contributed by atoms with Crippen LogP contribution in [0.3, 0.4) is 0 Å². The monoisotopic (exact) mass is 202 g/mol. The largest absolute Gasteiger partial charge is 0.396 e. The average Bonchev–Trinajstić information content (AvgIpc) is 2.17. The fourth-order valence-corrected chi connectivity index (χ4v) is 1.63. The van der Waals surface area contributed by atoms with Crippen LogP contribution in [0, 0.1) is 0 Å². The Balaban J connectivity index is 2.98. The molecule has 0 spiro atoms. The van der Waals surface area contributed by atoms with Crippen molar-refractivity contribution in [2.24, 2.45) is 0 Å². The molecule has 0 saturated carbocycles. The van der Waals surface area contributed by atoms with E-state index in [4.69, 9.17) is 5.11 Å². The van der Waals surface area contributed by atoms with Crippen LogP contribution in [-0.4, -0.2) is 22.9 Å². The normalized spacial score (nSPS) is 13.1. The molecule has 0 heterocycles. The lowest BCUT2D eigenvalue weighted by Gasteiger charge is -2.07. The maximum atomic E-state index is 9.33. The summed E-state index contributed by atoms with van der Waals surface area (Å²) in [6, 6.07) is 0. The van der Waals surface area contributed by atoms with Crippen molar-refractivity contribution in [3.63, 3.8) is 0 Å². The van der Waals surface area contributed by atoms with Gasteiger partial charge in [-0.15, -0.1) is 0 Å². The fourth-order valence-electron chi connectivity index (χ4n) is 1.63. The lowest BCUT2D eigenvalue weighted by Crippen LogP contribution is -2.08. The summed E-state index contributed by atoms with van der Waals surface area (Å²) in [5, 5.41) is 17.9. The minimum Gasteiger partial charge on any atom is -0.396 e. The smallest absolute Gasteiger partial charge is 0.0562 e. The highest BCUT2D eigenvalue weighted by molar-refractivity contribution is 4.55. The number of unbranched alkanes of at least 4 members (excludes halogenated alkanes) is 6. The van der Waals surface area contributed by atoms with Gasteiger partial charge in [-0.25, -0.2) is 0 Å². The van der Waals surface area contributed by atoms with E-state index < -0.39 is 0 Å². The number of hydrogen-bond acceptors (Lipinski definition) is 2. The fraction of sp³-hybridized carbons (Fsp3) is 1.00. The first-order valence-electron chi connectivity index (χ1n) is 6.10. The predicted octanol–water partition coefficient (Wildman–Crippen LogP) is 2.87. The van der Waals surface area contributed by atoms with E-state index in [0.29, 0.717) is 6.42 Å². The SMILES string of the molecule is CCCCCCCCC[C@@H](O)CCO. The van der Waals surface area contributed by atoms with Crippen molar-refractivity contribution in [1.82, 2.24) is 0 Å². The Labute approximate surface area is 88.3 Å². The highest BCUT2D eigenvalue weighted by atomic mass is 16.3. The summed E-state index contributed by atoms with van der Waals surface area (Å²) in [5.74, 6) is 0. The number of aliphatic hydroxyl groups is 2. The van der Waals surface area contributed by atoms with Gasteiger partial charge in [-0.3, -0.25) is 0 Å². The van der Waals surface area contributed by atoms with E-state index in [0.717, 1.165) is 12.8 Å². The zero-order valence-corrected chi connectivity index (χ0v) is 9.54. The summed E-state index contributed by atoms with van der Waals surface area (Å²) >= 11 is 0. The third kappa shape index (κ3) is 10.0. The molecule has 2 nitrogen and oxygen atoms in total. The van der Waals surface area contributed by atoms with Crippen LogP contribution in [0.2, 0.25) is 0 Å². The van der Waals surface area contributed by atoms with Crippen LogP contribution in [-0.2, 0) is 0 Å². The number of aliphatic hydroxyl groups excluding tert-OH is 2. The van der Waals surface area contributed by atoms with Gasteiger partial charge in [0.15, 0.2) is 0 Å². The third-order valence-corrected chi connectivity index (χ3v) is 2.60. The Morgan fingerprint density at radius 1 is 0.857 bits per heavy atom. The Morgan fingerprint density at radius 3 is 2.00 bits per heavy atom. The molecule has 0 aromatic rings. The second-order valence-electron chi connectivity index (χ2n) is 4.08. The molecule has 0 radical (unpaired) electrons. The summed E-state index contributed by atoms with van der Waals surface area (Å²) < 4.78 is 0. The summed E-state index contributed by atoms with van der Waals surface area (Å²) in [4.78, 5) is 0. The second kappa shape index (κ2) is 11.0. The molecular weight excluding hydrogens is 176 g/mol. The van der Waals surface area contributed by atoms with Gasteiger partial charge in [-0.2, -0.15) is 0 Å². The molecule has 14 heavy (non-hydrogen) atoms. The van der Waals surface area contributed by atoms with Crippen molar-refractivity contribution in [2.75, 3.05) is 6.61 Å². The van der Waals surface area contributed by atoms with Crippen LogP contribution >= 0.6 is 0 Å². The molecule has 0 amide bonds. The summed E-state index contributed by atoms with van der Waals surface area (Å²) in [5.41, 5.74) is 0. The Kier molecular flexibility index (Phi) is 10.9. The van der Waals surface area contributed by atoms with Crippen LogP contribution in [0.1, 0.15) is 64.7 Å². The maximum absolute atomic E-state index is 9.33. The van der Waals surface area contributed by atoms with E-state index in [-0.39, 0.29) is 12.7 Å². The minimum atomic E-state index is -0.282. The molecule has 0 aliphatic heterocycles. The Morgan fingerprint density at radius 2 is 1.43 bits per heavy atom. The molecular formula is C12H26O2.